The summed E-state index contributed by atoms with van der Waals surface area (Å²) in [6, 6.07) is 5.59. The molecule has 7 nitrogen and oxygen atoms in total. The number of amidine groups is 1. The van der Waals surface area contributed by atoms with E-state index in [0.717, 1.165) is 35.3 Å². The van der Waals surface area contributed by atoms with E-state index in [4.69, 9.17) is 14.7 Å². The molecule has 0 unspecified atom stereocenters. The molecular formula is C19H24N4O3. The second-order valence-electron chi connectivity index (χ2n) is 6.57. The van der Waals surface area contributed by atoms with Gasteiger partial charge in [0.15, 0.2) is 0 Å². The van der Waals surface area contributed by atoms with Gasteiger partial charge in [-0.05, 0) is 51.8 Å². The van der Waals surface area contributed by atoms with Crippen molar-refractivity contribution in [3.63, 3.8) is 0 Å². The number of nitrogens with one attached hydrogen (secondary N) is 3. The van der Waals surface area contributed by atoms with Gasteiger partial charge in [-0.3, -0.25) is 10.2 Å². The molecule has 0 atom stereocenters. The fourth-order valence-electron chi connectivity index (χ4n) is 2.79. The SMILES string of the molecule is CC(=N)NCCOc1ccc(NC(=O)C2CC2)cc1-c1c(C)noc1C. The predicted octanol–water partition coefficient (Wildman–Crippen LogP) is 3.27. The lowest BCUT2D eigenvalue weighted by Gasteiger charge is -2.14. The molecule has 1 saturated carbocycles. The Balaban J connectivity index is 1.84. The van der Waals surface area contributed by atoms with Gasteiger partial charge in [0, 0.05) is 17.2 Å². The largest absolute Gasteiger partial charge is 0.491 e. The van der Waals surface area contributed by atoms with Gasteiger partial charge in [-0.1, -0.05) is 5.16 Å². The first-order valence-electron chi connectivity index (χ1n) is 8.75. The van der Waals surface area contributed by atoms with E-state index in [9.17, 15) is 4.79 Å². The van der Waals surface area contributed by atoms with Crippen LogP contribution >= 0.6 is 0 Å². The average molecular weight is 356 g/mol. The third-order valence-corrected chi connectivity index (χ3v) is 4.25. The predicted molar refractivity (Wildman–Crippen MR) is 99.7 cm³/mol. The van der Waals surface area contributed by atoms with E-state index < -0.39 is 0 Å². The fourth-order valence-corrected chi connectivity index (χ4v) is 2.79. The van der Waals surface area contributed by atoms with E-state index in [1.54, 1.807) is 6.92 Å². The summed E-state index contributed by atoms with van der Waals surface area (Å²) >= 11 is 0. The summed E-state index contributed by atoms with van der Waals surface area (Å²) in [6.07, 6.45) is 1.92. The highest BCUT2D eigenvalue weighted by Gasteiger charge is 2.29. The standard InChI is InChI=1S/C19H24N4O3/c1-11-18(12(2)26-23-11)16-10-15(22-19(24)14-4-5-14)6-7-17(16)25-9-8-21-13(3)20/h6-7,10,14H,4-5,8-9H2,1-3H3,(H2,20,21)(H,22,24). The summed E-state index contributed by atoms with van der Waals surface area (Å²) in [5.41, 5.74) is 3.21. The first kappa shape index (κ1) is 18.0. The average Bonchev–Trinajstić information content (AvgIpc) is 3.38. The van der Waals surface area contributed by atoms with Gasteiger partial charge in [-0.2, -0.15) is 0 Å². The molecule has 3 N–H and O–H groups in total. The van der Waals surface area contributed by atoms with Crippen molar-refractivity contribution in [2.75, 3.05) is 18.5 Å². The number of ether oxygens (including phenoxy) is 1. The lowest BCUT2D eigenvalue weighted by atomic mass is 10.0. The summed E-state index contributed by atoms with van der Waals surface area (Å²) in [5.74, 6) is 2.00. The molecule has 0 aliphatic heterocycles. The maximum Gasteiger partial charge on any atom is 0.227 e. The Morgan fingerprint density at radius 2 is 2.15 bits per heavy atom. The van der Waals surface area contributed by atoms with Crippen LogP contribution in [0.25, 0.3) is 11.1 Å². The van der Waals surface area contributed by atoms with E-state index in [1.807, 2.05) is 32.0 Å². The maximum atomic E-state index is 12.1. The number of aryl methyl sites for hydroxylation is 2. The van der Waals surface area contributed by atoms with Gasteiger partial charge in [0.25, 0.3) is 0 Å². The second kappa shape index (κ2) is 7.59. The number of hydrogen-bond donors (Lipinski definition) is 3. The normalized spacial score (nSPS) is 13.3. The zero-order valence-corrected chi connectivity index (χ0v) is 15.3. The highest BCUT2D eigenvalue weighted by Crippen LogP contribution is 2.37. The minimum Gasteiger partial charge on any atom is -0.491 e. The van der Waals surface area contributed by atoms with Gasteiger partial charge >= 0.3 is 0 Å². The molecule has 1 aromatic heterocycles. The molecule has 0 bridgehead atoms. The van der Waals surface area contributed by atoms with Crippen LogP contribution in [0, 0.1) is 25.2 Å². The van der Waals surface area contributed by atoms with E-state index >= 15 is 0 Å². The van der Waals surface area contributed by atoms with Crippen molar-refractivity contribution in [3.8, 4) is 16.9 Å². The molecule has 1 aliphatic rings. The third-order valence-electron chi connectivity index (χ3n) is 4.25. The van der Waals surface area contributed by atoms with Crippen LogP contribution in [0.15, 0.2) is 22.7 Å². The number of carbonyl (C=O) groups is 1. The second-order valence-corrected chi connectivity index (χ2v) is 6.57. The zero-order valence-electron chi connectivity index (χ0n) is 15.3. The Labute approximate surface area is 152 Å². The molecular weight excluding hydrogens is 332 g/mol. The molecule has 0 radical (unpaired) electrons. The molecule has 0 saturated heterocycles. The smallest absolute Gasteiger partial charge is 0.227 e. The zero-order chi connectivity index (χ0) is 18.7. The van der Waals surface area contributed by atoms with Crippen molar-refractivity contribution in [1.82, 2.24) is 10.5 Å². The van der Waals surface area contributed by atoms with Gasteiger partial charge in [0.05, 0.1) is 23.6 Å². The van der Waals surface area contributed by atoms with Crippen LogP contribution in [-0.2, 0) is 4.79 Å². The Morgan fingerprint density at radius 3 is 2.77 bits per heavy atom. The highest BCUT2D eigenvalue weighted by atomic mass is 16.5. The molecule has 0 spiro atoms. The molecule has 1 amide bonds. The topological polar surface area (TPSA) is 100 Å². The van der Waals surface area contributed by atoms with Crippen molar-refractivity contribution in [2.45, 2.75) is 33.6 Å². The van der Waals surface area contributed by atoms with Gasteiger partial charge in [0.1, 0.15) is 18.1 Å². The number of nitrogens with zero attached hydrogens (tertiary/aromatic N) is 1. The maximum absolute atomic E-state index is 12.1. The number of aromatic nitrogens is 1. The first-order chi connectivity index (χ1) is 12.5. The molecule has 26 heavy (non-hydrogen) atoms. The Bertz CT molecular complexity index is 805. The van der Waals surface area contributed by atoms with Crippen LogP contribution in [0.2, 0.25) is 0 Å². The van der Waals surface area contributed by atoms with E-state index in [1.165, 1.54) is 0 Å². The number of anilines is 1. The molecule has 1 aliphatic carbocycles. The molecule has 1 fully saturated rings. The van der Waals surface area contributed by atoms with Gasteiger partial charge in [-0.15, -0.1) is 0 Å². The summed E-state index contributed by atoms with van der Waals surface area (Å²) in [6.45, 7) is 6.38. The Morgan fingerprint density at radius 1 is 1.38 bits per heavy atom. The van der Waals surface area contributed by atoms with E-state index in [0.29, 0.717) is 30.5 Å². The van der Waals surface area contributed by atoms with Gasteiger partial charge in [0.2, 0.25) is 5.91 Å². The number of hydrogen-bond acceptors (Lipinski definition) is 5. The monoisotopic (exact) mass is 356 g/mol. The summed E-state index contributed by atoms with van der Waals surface area (Å²) < 4.78 is 11.2. The van der Waals surface area contributed by atoms with Crippen LogP contribution in [0.3, 0.4) is 0 Å². The molecule has 1 heterocycles. The molecule has 3 rings (SSSR count). The third kappa shape index (κ3) is 4.22. The van der Waals surface area contributed by atoms with Gasteiger partial charge < -0.3 is 19.9 Å². The first-order valence-corrected chi connectivity index (χ1v) is 8.75. The quantitative estimate of drug-likeness (QED) is 0.402. The van der Waals surface area contributed by atoms with Crippen molar-refractivity contribution >= 4 is 17.4 Å². The molecule has 1 aromatic carbocycles. The number of benzene rings is 1. The number of rotatable bonds is 7. The minimum absolute atomic E-state index is 0.0639. The van der Waals surface area contributed by atoms with Gasteiger partial charge in [-0.25, -0.2) is 0 Å². The summed E-state index contributed by atoms with van der Waals surface area (Å²) in [5, 5.41) is 17.3. The minimum atomic E-state index is 0.0639. The Kier molecular flexibility index (Phi) is 5.25. The molecule has 7 heteroatoms. The van der Waals surface area contributed by atoms with Crippen LogP contribution in [0.4, 0.5) is 5.69 Å². The molecule has 138 valence electrons. The van der Waals surface area contributed by atoms with Crippen molar-refractivity contribution in [3.05, 3.63) is 29.7 Å². The lowest BCUT2D eigenvalue weighted by molar-refractivity contribution is -0.117. The van der Waals surface area contributed by atoms with E-state index in [2.05, 4.69) is 15.8 Å². The van der Waals surface area contributed by atoms with Crippen molar-refractivity contribution < 1.29 is 14.1 Å². The van der Waals surface area contributed by atoms with Crippen LogP contribution < -0.4 is 15.4 Å². The highest BCUT2D eigenvalue weighted by molar-refractivity contribution is 5.95. The van der Waals surface area contributed by atoms with Crippen LogP contribution in [0.1, 0.15) is 31.2 Å². The van der Waals surface area contributed by atoms with Crippen LogP contribution in [-0.4, -0.2) is 30.1 Å². The summed E-state index contributed by atoms with van der Waals surface area (Å²) in [4.78, 5) is 12.1. The summed E-state index contributed by atoms with van der Waals surface area (Å²) in [7, 11) is 0. The van der Waals surface area contributed by atoms with Crippen molar-refractivity contribution in [2.24, 2.45) is 5.92 Å². The van der Waals surface area contributed by atoms with Crippen molar-refractivity contribution in [1.29, 1.82) is 5.41 Å². The lowest BCUT2D eigenvalue weighted by Crippen LogP contribution is -2.25. The fraction of sp³-hybridized carbons (Fsp3) is 0.421. The molecule has 2 aromatic rings. The number of amides is 1. The van der Waals surface area contributed by atoms with Crippen LogP contribution in [0.5, 0.6) is 5.75 Å². The number of carbonyl (C=O) groups excluding carboxylic acids is 1. The van der Waals surface area contributed by atoms with E-state index in [-0.39, 0.29) is 11.8 Å². The Hall–Kier alpha value is -2.83.